The topological polar surface area (TPSA) is 49.3 Å². The number of rotatable bonds is 2. The van der Waals surface area contributed by atoms with Crippen LogP contribution < -0.4 is 5.32 Å². The summed E-state index contributed by atoms with van der Waals surface area (Å²) < 4.78 is 0. The van der Waals surface area contributed by atoms with Crippen molar-refractivity contribution in [3.05, 3.63) is 42.0 Å². The summed E-state index contributed by atoms with van der Waals surface area (Å²) in [5.41, 5.74) is 0.485. The van der Waals surface area contributed by atoms with Gasteiger partial charge in [-0.3, -0.25) is 4.79 Å². The van der Waals surface area contributed by atoms with E-state index in [0.29, 0.717) is 5.56 Å². The van der Waals surface area contributed by atoms with Crippen molar-refractivity contribution in [1.82, 2.24) is 5.32 Å². The predicted octanol–water partition coefficient (Wildman–Crippen LogP) is 3.85. The van der Waals surface area contributed by atoms with E-state index in [9.17, 15) is 9.90 Å². The Kier molecular flexibility index (Phi) is 3.36. The molecule has 1 atom stereocenters. The lowest BCUT2D eigenvalue weighted by molar-refractivity contribution is 0.0907. The number of phenols is 1. The van der Waals surface area contributed by atoms with Crippen molar-refractivity contribution in [1.29, 1.82) is 0 Å². The van der Waals surface area contributed by atoms with Crippen molar-refractivity contribution in [3.8, 4) is 5.75 Å². The summed E-state index contributed by atoms with van der Waals surface area (Å²) in [4.78, 5) is 12.5. The third-order valence-electron chi connectivity index (χ3n) is 4.67. The summed E-state index contributed by atoms with van der Waals surface area (Å²) in [6.45, 7) is 4.37. The Balaban J connectivity index is 1.89. The number of carbonyl (C=O) groups is 1. The van der Waals surface area contributed by atoms with Gasteiger partial charge in [-0.15, -0.1) is 0 Å². The van der Waals surface area contributed by atoms with E-state index in [1.807, 2.05) is 24.3 Å². The van der Waals surface area contributed by atoms with Gasteiger partial charge in [0.25, 0.3) is 5.91 Å². The van der Waals surface area contributed by atoms with E-state index < -0.39 is 0 Å². The van der Waals surface area contributed by atoms with Crippen molar-refractivity contribution in [3.63, 3.8) is 0 Å². The molecular weight excluding hydrogens is 262 g/mol. The summed E-state index contributed by atoms with van der Waals surface area (Å²) in [6.07, 6.45) is 3.27. The molecule has 0 bridgehead atoms. The molecule has 1 unspecified atom stereocenters. The molecule has 0 spiro atoms. The molecule has 21 heavy (non-hydrogen) atoms. The molecule has 1 aliphatic rings. The van der Waals surface area contributed by atoms with E-state index in [4.69, 9.17) is 0 Å². The average Bonchev–Trinajstić information content (AvgIpc) is 2.77. The molecule has 110 valence electrons. The van der Waals surface area contributed by atoms with Gasteiger partial charge in [-0.05, 0) is 41.2 Å². The molecule has 0 heterocycles. The number of fused-ring (bicyclic) bond motifs is 1. The Morgan fingerprint density at radius 1 is 1.24 bits per heavy atom. The van der Waals surface area contributed by atoms with E-state index in [1.54, 1.807) is 12.1 Å². The Bertz CT molecular complexity index is 691. The zero-order chi connectivity index (χ0) is 15.0. The Morgan fingerprint density at radius 2 is 1.90 bits per heavy atom. The number of hydrogen-bond donors (Lipinski definition) is 2. The fourth-order valence-electron chi connectivity index (χ4n) is 3.24. The van der Waals surface area contributed by atoms with Gasteiger partial charge in [-0.25, -0.2) is 0 Å². The third-order valence-corrected chi connectivity index (χ3v) is 4.67. The van der Waals surface area contributed by atoms with Crippen LogP contribution in [0.4, 0.5) is 0 Å². The molecule has 1 saturated carbocycles. The molecule has 3 rings (SSSR count). The van der Waals surface area contributed by atoms with Gasteiger partial charge in [-0.1, -0.05) is 44.5 Å². The number of aromatic hydroxyl groups is 1. The molecule has 0 aromatic heterocycles. The second-order valence-electron chi connectivity index (χ2n) is 6.62. The molecular formula is C18H21NO2. The van der Waals surface area contributed by atoms with Gasteiger partial charge in [0.1, 0.15) is 5.75 Å². The SMILES string of the molecule is CC1(C)CCCC1NC(=O)c1cc2ccccc2cc1O. The van der Waals surface area contributed by atoms with Crippen molar-refractivity contribution in [2.75, 3.05) is 0 Å². The minimum Gasteiger partial charge on any atom is -0.507 e. The minimum absolute atomic E-state index is 0.0435. The molecule has 2 aromatic rings. The van der Waals surface area contributed by atoms with Crippen LogP contribution in [0.3, 0.4) is 0 Å². The first-order valence-corrected chi connectivity index (χ1v) is 7.50. The first kappa shape index (κ1) is 13.9. The normalized spacial score (nSPS) is 20.6. The number of benzene rings is 2. The van der Waals surface area contributed by atoms with Gasteiger partial charge >= 0.3 is 0 Å². The van der Waals surface area contributed by atoms with E-state index >= 15 is 0 Å². The number of nitrogens with one attached hydrogen (secondary N) is 1. The summed E-state index contributed by atoms with van der Waals surface area (Å²) in [5, 5.41) is 15.1. The monoisotopic (exact) mass is 283 g/mol. The highest BCUT2D eigenvalue weighted by atomic mass is 16.3. The standard InChI is InChI=1S/C18H21NO2/c1-18(2)9-5-8-16(18)19-17(21)14-10-12-6-3-4-7-13(12)11-15(14)20/h3-4,6-7,10-11,16,20H,5,8-9H2,1-2H3,(H,19,21). The van der Waals surface area contributed by atoms with Crippen LogP contribution in [0.25, 0.3) is 10.8 Å². The molecule has 0 aliphatic heterocycles. The van der Waals surface area contributed by atoms with Crippen molar-refractivity contribution < 1.29 is 9.90 Å². The highest BCUT2D eigenvalue weighted by Gasteiger charge is 2.35. The predicted molar refractivity (Wildman–Crippen MR) is 84.5 cm³/mol. The number of carbonyl (C=O) groups excluding carboxylic acids is 1. The van der Waals surface area contributed by atoms with Gasteiger partial charge in [0.05, 0.1) is 5.56 Å². The molecule has 1 aliphatic carbocycles. The second kappa shape index (κ2) is 5.06. The van der Waals surface area contributed by atoms with Crippen LogP contribution in [0.1, 0.15) is 43.5 Å². The molecule has 0 saturated heterocycles. The van der Waals surface area contributed by atoms with Crippen LogP contribution in [-0.4, -0.2) is 17.1 Å². The Hall–Kier alpha value is -2.03. The lowest BCUT2D eigenvalue weighted by atomic mass is 9.87. The lowest BCUT2D eigenvalue weighted by Gasteiger charge is -2.28. The molecule has 1 fully saturated rings. The minimum atomic E-state index is -0.182. The van der Waals surface area contributed by atoms with E-state index in [-0.39, 0.29) is 23.1 Å². The van der Waals surface area contributed by atoms with E-state index in [1.165, 1.54) is 0 Å². The average molecular weight is 283 g/mol. The first-order valence-electron chi connectivity index (χ1n) is 7.50. The third kappa shape index (κ3) is 2.60. The van der Waals surface area contributed by atoms with Crippen LogP contribution in [0.5, 0.6) is 5.75 Å². The summed E-state index contributed by atoms with van der Waals surface area (Å²) in [5.74, 6) is -0.139. The smallest absolute Gasteiger partial charge is 0.255 e. The Labute approximate surface area is 125 Å². The first-order chi connectivity index (χ1) is 9.97. The molecule has 1 amide bonds. The fourth-order valence-corrected chi connectivity index (χ4v) is 3.24. The molecule has 2 N–H and O–H groups in total. The summed E-state index contributed by atoms with van der Waals surface area (Å²) in [7, 11) is 0. The number of amides is 1. The largest absolute Gasteiger partial charge is 0.507 e. The maximum absolute atomic E-state index is 12.5. The van der Waals surface area contributed by atoms with Gasteiger partial charge in [0.2, 0.25) is 0 Å². The highest BCUT2D eigenvalue weighted by molar-refractivity contribution is 6.01. The number of phenolic OH excluding ortho intramolecular Hbond substituents is 1. The fraction of sp³-hybridized carbons (Fsp3) is 0.389. The lowest BCUT2D eigenvalue weighted by Crippen LogP contribution is -2.41. The van der Waals surface area contributed by atoms with Crippen LogP contribution in [0.15, 0.2) is 36.4 Å². The maximum Gasteiger partial charge on any atom is 0.255 e. The van der Waals surface area contributed by atoms with Gasteiger partial charge in [0, 0.05) is 6.04 Å². The molecule has 3 heteroatoms. The van der Waals surface area contributed by atoms with E-state index in [2.05, 4.69) is 19.2 Å². The Morgan fingerprint density at radius 3 is 2.52 bits per heavy atom. The highest BCUT2D eigenvalue weighted by Crippen LogP contribution is 2.37. The number of hydrogen-bond acceptors (Lipinski definition) is 2. The summed E-state index contributed by atoms with van der Waals surface area (Å²) in [6, 6.07) is 11.3. The van der Waals surface area contributed by atoms with Crippen molar-refractivity contribution in [2.24, 2.45) is 5.41 Å². The van der Waals surface area contributed by atoms with Crippen LogP contribution in [-0.2, 0) is 0 Å². The van der Waals surface area contributed by atoms with Crippen LogP contribution in [0, 0.1) is 5.41 Å². The zero-order valence-corrected chi connectivity index (χ0v) is 12.5. The molecule has 0 radical (unpaired) electrons. The van der Waals surface area contributed by atoms with Gasteiger partial charge in [-0.2, -0.15) is 0 Å². The van der Waals surface area contributed by atoms with E-state index in [0.717, 1.165) is 30.0 Å². The van der Waals surface area contributed by atoms with Crippen molar-refractivity contribution >= 4 is 16.7 Å². The van der Waals surface area contributed by atoms with Crippen LogP contribution >= 0.6 is 0 Å². The second-order valence-corrected chi connectivity index (χ2v) is 6.62. The van der Waals surface area contributed by atoms with Gasteiger partial charge in [0.15, 0.2) is 0 Å². The van der Waals surface area contributed by atoms with Gasteiger partial charge < -0.3 is 10.4 Å². The zero-order valence-electron chi connectivity index (χ0n) is 12.5. The summed E-state index contributed by atoms with van der Waals surface area (Å²) >= 11 is 0. The molecule has 2 aromatic carbocycles. The maximum atomic E-state index is 12.5. The molecule has 3 nitrogen and oxygen atoms in total. The quantitative estimate of drug-likeness (QED) is 0.879. The van der Waals surface area contributed by atoms with Crippen LogP contribution in [0.2, 0.25) is 0 Å². The van der Waals surface area contributed by atoms with Crippen molar-refractivity contribution in [2.45, 2.75) is 39.2 Å².